The van der Waals surface area contributed by atoms with Crippen LogP contribution in [0, 0.1) is 17.0 Å². The highest BCUT2D eigenvalue weighted by Gasteiger charge is 2.21. The van der Waals surface area contributed by atoms with Crippen LogP contribution in [0.1, 0.15) is 5.56 Å². The first kappa shape index (κ1) is 17.8. The highest BCUT2D eigenvalue weighted by molar-refractivity contribution is 7.90. The smallest absolute Gasteiger partial charge is 0.258 e. The first-order valence-electron chi connectivity index (χ1n) is 8.27. The average Bonchev–Trinajstić information content (AvgIpc) is 3.13. The zero-order valence-corrected chi connectivity index (χ0v) is 15.5. The Balaban J connectivity index is 1.89. The molecule has 0 radical (unpaired) electrons. The molecule has 0 atom stereocenters. The molecule has 0 saturated carbocycles. The molecule has 8 nitrogen and oxygen atoms in total. The summed E-state index contributed by atoms with van der Waals surface area (Å²) in [7, 11) is -3.84. The zero-order valence-electron chi connectivity index (χ0n) is 14.7. The monoisotopic (exact) mass is 394 g/mol. The minimum Gasteiger partial charge on any atom is -0.258 e. The van der Waals surface area contributed by atoms with Crippen molar-refractivity contribution < 1.29 is 13.3 Å². The van der Waals surface area contributed by atoms with Crippen LogP contribution in [0.4, 0.5) is 5.69 Å². The van der Waals surface area contributed by atoms with Gasteiger partial charge in [-0.2, -0.15) is 0 Å². The molecule has 0 fully saturated rings. The fourth-order valence-electron chi connectivity index (χ4n) is 2.94. The number of non-ortho nitro benzene ring substituents is 1. The van der Waals surface area contributed by atoms with Gasteiger partial charge in [0.05, 0.1) is 15.5 Å². The number of rotatable bonds is 4. The van der Waals surface area contributed by atoms with Crippen LogP contribution < -0.4 is 0 Å². The topological polar surface area (TPSA) is 108 Å². The van der Waals surface area contributed by atoms with Crippen LogP contribution in [-0.2, 0) is 10.0 Å². The number of aryl methyl sites for hydroxylation is 1. The van der Waals surface area contributed by atoms with Crippen molar-refractivity contribution in [1.29, 1.82) is 0 Å². The summed E-state index contributed by atoms with van der Waals surface area (Å²) in [5.41, 5.74) is 2.01. The van der Waals surface area contributed by atoms with E-state index in [1.165, 1.54) is 24.7 Å². The SMILES string of the molecule is Cc1ccc(S(=O)(=O)n2ccc3c(-c4cccc([N+](=O)[O-])c4)ncnc32)cc1. The molecule has 4 rings (SSSR count). The normalized spacial score (nSPS) is 11.6. The van der Waals surface area contributed by atoms with Gasteiger partial charge in [0.1, 0.15) is 6.33 Å². The Labute approximate surface area is 160 Å². The van der Waals surface area contributed by atoms with E-state index in [4.69, 9.17) is 0 Å². The van der Waals surface area contributed by atoms with Crippen molar-refractivity contribution in [2.45, 2.75) is 11.8 Å². The molecule has 0 aliphatic heterocycles. The van der Waals surface area contributed by atoms with Crippen LogP contribution in [0.3, 0.4) is 0 Å². The van der Waals surface area contributed by atoms with Crippen LogP contribution in [0.25, 0.3) is 22.3 Å². The Kier molecular flexibility index (Phi) is 4.16. The molecule has 9 heteroatoms. The molecule has 2 aromatic carbocycles. The van der Waals surface area contributed by atoms with Crippen molar-refractivity contribution in [3.8, 4) is 11.3 Å². The average molecular weight is 394 g/mol. The molecule has 28 heavy (non-hydrogen) atoms. The van der Waals surface area contributed by atoms with E-state index in [2.05, 4.69) is 9.97 Å². The highest BCUT2D eigenvalue weighted by Crippen LogP contribution is 2.30. The lowest BCUT2D eigenvalue weighted by molar-refractivity contribution is -0.384. The quantitative estimate of drug-likeness (QED) is 0.387. The van der Waals surface area contributed by atoms with Gasteiger partial charge < -0.3 is 0 Å². The predicted octanol–water partition coefficient (Wildman–Crippen LogP) is 3.55. The van der Waals surface area contributed by atoms with Gasteiger partial charge in [-0.3, -0.25) is 10.1 Å². The summed E-state index contributed by atoms with van der Waals surface area (Å²) in [5.74, 6) is 0. The lowest BCUT2D eigenvalue weighted by atomic mass is 10.1. The molecule has 4 aromatic rings. The number of benzene rings is 2. The van der Waals surface area contributed by atoms with Gasteiger partial charge in [0.15, 0.2) is 5.65 Å². The summed E-state index contributed by atoms with van der Waals surface area (Å²) in [5, 5.41) is 11.5. The number of fused-ring (bicyclic) bond motifs is 1. The van der Waals surface area contributed by atoms with Crippen LogP contribution in [0.2, 0.25) is 0 Å². The maximum absolute atomic E-state index is 13.0. The van der Waals surface area contributed by atoms with Crippen molar-refractivity contribution in [2.75, 3.05) is 0 Å². The molecule has 0 saturated heterocycles. The summed E-state index contributed by atoms with van der Waals surface area (Å²) in [6.45, 7) is 1.88. The molecule has 0 spiro atoms. The second-order valence-electron chi connectivity index (χ2n) is 6.20. The van der Waals surface area contributed by atoms with Gasteiger partial charge in [0.25, 0.3) is 15.7 Å². The number of hydrogen-bond donors (Lipinski definition) is 0. The van der Waals surface area contributed by atoms with E-state index >= 15 is 0 Å². The van der Waals surface area contributed by atoms with E-state index in [1.807, 2.05) is 6.92 Å². The second kappa shape index (κ2) is 6.54. The molecule has 0 aliphatic rings. The summed E-state index contributed by atoms with van der Waals surface area (Å²) in [6, 6.07) is 14.1. The summed E-state index contributed by atoms with van der Waals surface area (Å²) in [6.07, 6.45) is 2.66. The second-order valence-corrected chi connectivity index (χ2v) is 8.01. The minimum atomic E-state index is -3.84. The molecule has 0 N–H and O–H groups in total. The van der Waals surface area contributed by atoms with Gasteiger partial charge in [-0.05, 0) is 25.1 Å². The number of nitro groups is 1. The highest BCUT2D eigenvalue weighted by atomic mass is 32.2. The number of nitro benzene ring substituents is 1. The van der Waals surface area contributed by atoms with Crippen LogP contribution in [0.15, 0.2) is 72.0 Å². The molecule has 140 valence electrons. The summed E-state index contributed by atoms with van der Waals surface area (Å²) >= 11 is 0. The lowest BCUT2D eigenvalue weighted by Crippen LogP contribution is -2.12. The third kappa shape index (κ3) is 2.91. The van der Waals surface area contributed by atoms with Crippen LogP contribution in [-0.4, -0.2) is 27.3 Å². The molecule has 0 bridgehead atoms. The third-order valence-electron chi connectivity index (χ3n) is 4.36. The van der Waals surface area contributed by atoms with Gasteiger partial charge in [-0.25, -0.2) is 22.4 Å². The number of nitrogens with zero attached hydrogens (tertiary/aromatic N) is 4. The molecule has 0 amide bonds. The van der Waals surface area contributed by atoms with Gasteiger partial charge >= 0.3 is 0 Å². The zero-order chi connectivity index (χ0) is 19.9. The third-order valence-corrected chi connectivity index (χ3v) is 6.04. The Morgan fingerprint density at radius 2 is 1.79 bits per heavy atom. The van der Waals surface area contributed by atoms with Crippen molar-refractivity contribution in [2.24, 2.45) is 0 Å². The van der Waals surface area contributed by atoms with Crippen molar-refractivity contribution >= 4 is 26.7 Å². The van der Waals surface area contributed by atoms with E-state index in [-0.39, 0.29) is 16.2 Å². The first-order chi connectivity index (χ1) is 13.4. The summed E-state index contributed by atoms with van der Waals surface area (Å²) in [4.78, 5) is 19.1. The molecule has 2 heterocycles. The standard InChI is InChI=1S/C19H14N4O4S/c1-13-5-7-16(8-6-13)28(26,27)22-10-9-17-18(20-12-21-19(17)22)14-3-2-4-15(11-14)23(24)25/h2-12H,1H3. The van der Waals surface area contributed by atoms with Crippen molar-refractivity contribution in [3.63, 3.8) is 0 Å². The summed E-state index contributed by atoms with van der Waals surface area (Å²) < 4.78 is 27.1. The molecule has 0 unspecified atom stereocenters. The molecule has 2 aromatic heterocycles. The first-order valence-corrected chi connectivity index (χ1v) is 9.71. The fourth-order valence-corrected chi connectivity index (χ4v) is 4.24. The maximum atomic E-state index is 13.0. The van der Waals surface area contributed by atoms with Crippen LogP contribution in [0.5, 0.6) is 0 Å². The van der Waals surface area contributed by atoms with E-state index < -0.39 is 14.9 Å². The predicted molar refractivity (Wildman–Crippen MR) is 103 cm³/mol. The Morgan fingerprint density at radius 1 is 1.04 bits per heavy atom. The van der Waals surface area contributed by atoms with Crippen molar-refractivity contribution in [3.05, 3.63) is 82.8 Å². The van der Waals surface area contributed by atoms with Crippen LogP contribution >= 0.6 is 0 Å². The van der Waals surface area contributed by atoms with E-state index in [1.54, 1.807) is 42.5 Å². The minimum absolute atomic E-state index is 0.0732. The molecule has 0 aliphatic carbocycles. The Hall–Kier alpha value is -3.59. The molecular weight excluding hydrogens is 380 g/mol. The van der Waals surface area contributed by atoms with E-state index in [0.717, 1.165) is 9.54 Å². The molecular formula is C19H14N4O4S. The Morgan fingerprint density at radius 3 is 2.50 bits per heavy atom. The largest absolute Gasteiger partial charge is 0.270 e. The van der Waals surface area contributed by atoms with E-state index in [0.29, 0.717) is 16.6 Å². The van der Waals surface area contributed by atoms with E-state index in [9.17, 15) is 18.5 Å². The number of hydrogen-bond acceptors (Lipinski definition) is 6. The number of aromatic nitrogens is 3. The Bertz CT molecular complexity index is 1310. The van der Waals surface area contributed by atoms with Gasteiger partial charge in [0.2, 0.25) is 0 Å². The van der Waals surface area contributed by atoms with Crippen molar-refractivity contribution in [1.82, 2.24) is 13.9 Å². The lowest BCUT2D eigenvalue weighted by Gasteiger charge is -2.08. The maximum Gasteiger partial charge on any atom is 0.270 e. The fraction of sp³-hybridized carbons (Fsp3) is 0.0526. The van der Waals surface area contributed by atoms with Gasteiger partial charge in [-0.1, -0.05) is 29.8 Å². The van der Waals surface area contributed by atoms with Gasteiger partial charge in [-0.15, -0.1) is 0 Å². The van der Waals surface area contributed by atoms with Gasteiger partial charge in [0, 0.05) is 29.3 Å².